The van der Waals surface area contributed by atoms with Gasteiger partial charge in [0.25, 0.3) is 0 Å². The molecule has 0 radical (unpaired) electrons. The fourth-order valence-corrected chi connectivity index (χ4v) is 3.33. The largest absolute Gasteiger partial charge is 0.262 e. The summed E-state index contributed by atoms with van der Waals surface area (Å²) in [6, 6.07) is 9.59. The minimum Gasteiger partial charge on any atom is -0.262 e. The zero-order valence-electron chi connectivity index (χ0n) is 10.6. The molecule has 0 unspecified atom stereocenters. The number of halogens is 2. The molecule has 0 spiro atoms. The summed E-state index contributed by atoms with van der Waals surface area (Å²) in [5, 5.41) is 0.678. The summed E-state index contributed by atoms with van der Waals surface area (Å²) in [4.78, 5) is 9.41. The van der Waals surface area contributed by atoms with E-state index in [9.17, 15) is 4.39 Å². The van der Waals surface area contributed by atoms with Crippen molar-refractivity contribution in [2.45, 2.75) is 6.92 Å². The molecule has 2 aromatic heterocycles. The lowest BCUT2D eigenvalue weighted by Gasteiger charge is -1.99. The van der Waals surface area contributed by atoms with Gasteiger partial charge in [-0.1, -0.05) is 28.1 Å². The topological polar surface area (TPSA) is 25.8 Å². The van der Waals surface area contributed by atoms with E-state index in [1.807, 2.05) is 31.2 Å². The second-order valence-corrected chi connectivity index (χ2v) is 6.41. The van der Waals surface area contributed by atoms with Crippen molar-refractivity contribution in [1.29, 1.82) is 0 Å². The quantitative estimate of drug-likeness (QED) is 0.645. The van der Waals surface area contributed by atoms with Crippen LogP contribution in [-0.2, 0) is 0 Å². The minimum absolute atomic E-state index is 0.345. The summed E-state index contributed by atoms with van der Waals surface area (Å²) in [6.07, 6.45) is 2.79. The highest BCUT2D eigenvalue weighted by Gasteiger charge is 2.14. The number of pyridine rings is 1. The van der Waals surface area contributed by atoms with Crippen molar-refractivity contribution in [3.63, 3.8) is 0 Å². The van der Waals surface area contributed by atoms with Crippen LogP contribution in [0.2, 0.25) is 0 Å². The molecule has 0 N–H and O–H groups in total. The molecule has 0 saturated carbocycles. The molecule has 100 valence electrons. The van der Waals surface area contributed by atoms with Crippen LogP contribution in [0.1, 0.15) is 4.88 Å². The molecule has 2 heterocycles. The van der Waals surface area contributed by atoms with Gasteiger partial charge in [-0.3, -0.25) is 4.98 Å². The van der Waals surface area contributed by atoms with Gasteiger partial charge in [-0.2, -0.15) is 0 Å². The molecule has 0 bridgehead atoms. The highest BCUT2D eigenvalue weighted by molar-refractivity contribution is 9.10. The second-order valence-electron chi connectivity index (χ2n) is 4.29. The lowest BCUT2D eigenvalue weighted by Crippen LogP contribution is -1.85. The van der Waals surface area contributed by atoms with Gasteiger partial charge in [0, 0.05) is 26.7 Å². The number of nitrogens with zero attached hydrogens (tertiary/aromatic N) is 2. The maximum atomic E-state index is 13.8. The smallest absolute Gasteiger partial charge is 0.151 e. The molecule has 1 aromatic carbocycles. The normalized spacial score (nSPS) is 10.8. The number of rotatable bonds is 2. The predicted molar refractivity (Wildman–Crippen MR) is 83.2 cm³/mol. The van der Waals surface area contributed by atoms with Crippen molar-refractivity contribution in [2.75, 3.05) is 0 Å². The Bertz CT molecular complexity index is 770. The summed E-state index contributed by atoms with van der Waals surface area (Å²) in [6.45, 7) is 2.00. The molecular weight excluding hydrogens is 339 g/mol. The van der Waals surface area contributed by atoms with Crippen LogP contribution in [0.25, 0.3) is 21.8 Å². The zero-order chi connectivity index (χ0) is 14.1. The Morgan fingerprint density at radius 2 is 2.10 bits per heavy atom. The minimum atomic E-state index is -0.345. The van der Waals surface area contributed by atoms with E-state index >= 15 is 0 Å². The van der Waals surface area contributed by atoms with E-state index in [2.05, 4.69) is 25.9 Å². The van der Waals surface area contributed by atoms with Crippen LogP contribution in [0.3, 0.4) is 0 Å². The van der Waals surface area contributed by atoms with Crippen LogP contribution >= 0.6 is 27.3 Å². The first-order valence-corrected chi connectivity index (χ1v) is 7.59. The molecule has 0 aliphatic carbocycles. The van der Waals surface area contributed by atoms with Gasteiger partial charge >= 0.3 is 0 Å². The summed E-state index contributed by atoms with van der Waals surface area (Å²) < 4.78 is 14.8. The second kappa shape index (κ2) is 5.42. The van der Waals surface area contributed by atoms with Crippen molar-refractivity contribution in [3.05, 3.63) is 57.9 Å². The third kappa shape index (κ3) is 2.51. The average Bonchev–Trinajstić information content (AvgIpc) is 2.81. The van der Waals surface area contributed by atoms with Crippen LogP contribution < -0.4 is 0 Å². The molecule has 20 heavy (non-hydrogen) atoms. The number of benzene rings is 1. The van der Waals surface area contributed by atoms with Crippen LogP contribution in [0.5, 0.6) is 0 Å². The van der Waals surface area contributed by atoms with Crippen LogP contribution in [0, 0.1) is 12.7 Å². The molecule has 5 heteroatoms. The summed E-state index contributed by atoms with van der Waals surface area (Å²) in [5.41, 5.74) is 2.41. The number of aromatic nitrogens is 2. The van der Waals surface area contributed by atoms with Crippen LogP contribution in [0.4, 0.5) is 4.39 Å². The molecule has 0 aliphatic heterocycles. The third-order valence-corrected chi connectivity index (χ3v) is 4.39. The highest BCUT2D eigenvalue weighted by Crippen LogP contribution is 2.34. The van der Waals surface area contributed by atoms with Crippen LogP contribution in [-0.4, -0.2) is 9.97 Å². The Balaban J connectivity index is 2.10. The highest BCUT2D eigenvalue weighted by atomic mass is 79.9. The van der Waals surface area contributed by atoms with Gasteiger partial charge in [0.2, 0.25) is 0 Å². The molecule has 2 nitrogen and oxygen atoms in total. The van der Waals surface area contributed by atoms with E-state index in [-0.39, 0.29) is 5.82 Å². The molecule has 0 aliphatic rings. The van der Waals surface area contributed by atoms with Gasteiger partial charge in [-0.15, -0.1) is 11.3 Å². The molecule has 0 amide bonds. The van der Waals surface area contributed by atoms with Crippen molar-refractivity contribution in [2.24, 2.45) is 0 Å². The summed E-state index contributed by atoms with van der Waals surface area (Å²) in [7, 11) is 0. The van der Waals surface area contributed by atoms with Gasteiger partial charge in [0.15, 0.2) is 5.82 Å². The fourth-order valence-electron chi connectivity index (χ4n) is 1.96. The van der Waals surface area contributed by atoms with Gasteiger partial charge < -0.3 is 0 Å². The van der Waals surface area contributed by atoms with E-state index in [1.54, 1.807) is 12.3 Å². The van der Waals surface area contributed by atoms with E-state index in [1.165, 1.54) is 17.5 Å². The maximum absolute atomic E-state index is 13.8. The monoisotopic (exact) mass is 348 g/mol. The molecule has 0 atom stereocenters. The molecule has 0 fully saturated rings. The van der Waals surface area contributed by atoms with Crippen LogP contribution in [0.15, 0.2) is 47.2 Å². The van der Waals surface area contributed by atoms with E-state index in [0.717, 1.165) is 20.6 Å². The maximum Gasteiger partial charge on any atom is 0.151 e. The Kier molecular flexibility index (Phi) is 3.63. The first-order chi connectivity index (χ1) is 9.65. The van der Waals surface area contributed by atoms with Gasteiger partial charge in [0.05, 0.1) is 11.9 Å². The number of hydrogen-bond acceptors (Lipinski definition) is 3. The molecule has 3 aromatic rings. The Labute approximate surface area is 128 Å². The SMILES string of the molecule is Cc1sc(-c2ccncc2F)nc1-c1cccc(Br)c1. The average molecular weight is 349 g/mol. The molecule has 3 rings (SSSR count). The van der Waals surface area contributed by atoms with E-state index < -0.39 is 0 Å². The molecule has 0 saturated heterocycles. The van der Waals surface area contributed by atoms with E-state index in [4.69, 9.17) is 0 Å². The lowest BCUT2D eigenvalue weighted by molar-refractivity contribution is 0.625. The van der Waals surface area contributed by atoms with Crippen molar-refractivity contribution in [1.82, 2.24) is 9.97 Å². The number of thiazole rings is 1. The zero-order valence-corrected chi connectivity index (χ0v) is 13.0. The van der Waals surface area contributed by atoms with Gasteiger partial charge in [-0.05, 0) is 25.1 Å². The summed E-state index contributed by atoms with van der Waals surface area (Å²) in [5.74, 6) is -0.345. The van der Waals surface area contributed by atoms with Gasteiger partial charge in [0.1, 0.15) is 5.01 Å². The number of aryl methyl sites for hydroxylation is 1. The first kappa shape index (κ1) is 13.4. The summed E-state index contributed by atoms with van der Waals surface area (Å²) >= 11 is 4.94. The van der Waals surface area contributed by atoms with Crippen molar-refractivity contribution >= 4 is 27.3 Å². The Morgan fingerprint density at radius 3 is 2.85 bits per heavy atom. The fraction of sp³-hybridized carbons (Fsp3) is 0.0667. The predicted octanol–water partition coefficient (Wildman–Crippen LogP) is 5.08. The third-order valence-electron chi connectivity index (χ3n) is 2.90. The van der Waals surface area contributed by atoms with Crippen molar-refractivity contribution in [3.8, 4) is 21.8 Å². The first-order valence-electron chi connectivity index (χ1n) is 5.98. The molecular formula is C15H10BrFN2S. The van der Waals surface area contributed by atoms with Crippen molar-refractivity contribution < 1.29 is 4.39 Å². The van der Waals surface area contributed by atoms with E-state index in [0.29, 0.717) is 10.6 Å². The number of hydrogen-bond donors (Lipinski definition) is 0. The van der Waals surface area contributed by atoms with Gasteiger partial charge in [-0.25, -0.2) is 9.37 Å². The lowest BCUT2D eigenvalue weighted by atomic mass is 10.1. The standard InChI is InChI=1S/C15H10BrFN2S/c1-9-14(10-3-2-4-11(16)7-10)19-15(20-9)12-5-6-18-8-13(12)17/h2-8H,1H3. The Morgan fingerprint density at radius 1 is 1.25 bits per heavy atom. The Hall–Kier alpha value is -1.59.